The van der Waals surface area contributed by atoms with E-state index >= 15 is 0 Å². The number of nitrogens with one attached hydrogen (secondary N) is 1. The van der Waals surface area contributed by atoms with Crippen molar-refractivity contribution in [1.29, 1.82) is 0 Å². The number of carboxylic acids is 1. The van der Waals surface area contributed by atoms with Gasteiger partial charge in [0.05, 0.1) is 6.42 Å². The van der Waals surface area contributed by atoms with Crippen molar-refractivity contribution >= 4 is 5.97 Å². The predicted octanol–water partition coefficient (Wildman–Crippen LogP) is 1.63. The van der Waals surface area contributed by atoms with E-state index in [1.165, 1.54) is 0 Å². The second kappa shape index (κ2) is 5.14. The normalized spacial score (nSPS) is 11.6. The minimum Gasteiger partial charge on any atom is -0.481 e. The molecule has 0 aliphatic heterocycles. The van der Waals surface area contributed by atoms with Gasteiger partial charge >= 0.3 is 5.97 Å². The Kier molecular flexibility index (Phi) is 4.90. The summed E-state index contributed by atoms with van der Waals surface area (Å²) < 4.78 is 0. The van der Waals surface area contributed by atoms with Crippen molar-refractivity contribution in [2.45, 2.75) is 45.6 Å². The maximum atomic E-state index is 10.2. The smallest absolute Gasteiger partial charge is 0.304 e. The first kappa shape index (κ1) is 11.4. The van der Waals surface area contributed by atoms with Gasteiger partial charge in [0, 0.05) is 12.1 Å². The Morgan fingerprint density at radius 3 is 2.50 bits per heavy atom. The van der Waals surface area contributed by atoms with Crippen LogP contribution in [0.1, 0.15) is 40.0 Å². The zero-order valence-electron chi connectivity index (χ0n) is 8.18. The van der Waals surface area contributed by atoms with E-state index in [9.17, 15) is 4.79 Å². The van der Waals surface area contributed by atoms with Gasteiger partial charge in [-0.25, -0.2) is 0 Å². The number of hydrogen-bond acceptors (Lipinski definition) is 2. The van der Waals surface area contributed by atoms with Crippen molar-refractivity contribution in [3.05, 3.63) is 0 Å². The third-order valence-electron chi connectivity index (χ3n) is 1.82. The number of hydrogen-bond donors (Lipinski definition) is 2. The van der Waals surface area contributed by atoms with Gasteiger partial charge in [0.15, 0.2) is 0 Å². The van der Waals surface area contributed by atoms with E-state index in [0.717, 1.165) is 12.8 Å². The standard InChI is InChI=1S/C9H19NO2/c1-4-6-9(2,3)10-7-5-8(11)12/h10H,4-7H2,1-3H3,(H,11,12). The summed E-state index contributed by atoms with van der Waals surface area (Å²) >= 11 is 0. The Morgan fingerprint density at radius 2 is 2.08 bits per heavy atom. The van der Waals surface area contributed by atoms with Crippen molar-refractivity contribution in [2.24, 2.45) is 0 Å². The highest BCUT2D eigenvalue weighted by atomic mass is 16.4. The summed E-state index contributed by atoms with van der Waals surface area (Å²) in [5.74, 6) is -0.741. The van der Waals surface area contributed by atoms with E-state index in [0.29, 0.717) is 6.54 Å². The van der Waals surface area contributed by atoms with Crippen molar-refractivity contribution < 1.29 is 9.90 Å². The topological polar surface area (TPSA) is 49.3 Å². The van der Waals surface area contributed by atoms with Crippen molar-refractivity contribution in [2.75, 3.05) is 6.54 Å². The van der Waals surface area contributed by atoms with Gasteiger partial charge in [-0.2, -0.15) is 0 Å². The Bertz CT molecular complexity index is 143. The summed E-state index contributed by atoms with van der Waals surface area (Å²) in [6.07, 6.45) is 2.40. The predicted molar refractivity (Wildman–Crippen MR) is 49.2 cm³/mol. The summed E-state index contributed by atoms with van der Waals surface area (Å²) in [5.41, 5.74) is 0.0736. The first-order chi connectivity index (χ1) is 5.48. The molecule has 0 amide bonds. The van der Waals surface area contributed by atoms with Crippen LogP contribution in [0.25, 0.3) is 0 Å². The zero-order valence-corrected chi connectivity index (χ0v) is 8.18. The maximum Gasteiger partial charge on any atom is 0.304 e. The highest BCUT2D eigenvalue weighted by molar-refractivity contribution is 5.66. The van der Waals surface area contributed by atoms with Gasteiger partial charge in [0.1, 0.15) is 0 Å². The van der Waals surface area contributed by atoms with E-state index in [2.05, 4.69) is 26.1 Å². The third kappa shape index (κ3) is 6.16. The van der Waals surface area contributed by atoms with Crippen molar-refractivity contribution in [3.63, 3.8) is 0 Å². The Morgan fingerprint density at radius 1 is 1.50 bits per heavy atom. The van der Waals surface area contributed by atoms with Gasteiger partial charge in [-0.3, -0.25) is 4.79 Å². The van der Waals surface area contributed by atoms with E-state index in [1.807, 2.05) is 0 Å². The molecule has 12 heavy (non-hydrogen) atoms. The van der Waals surface area contributed by atoms with Gasteiger partial charge in [-0.15, -0.1) is 0 Å². The van der Waals surface area contributed by atoms with Gasteiger partial charge in [0.2, 0.25) is 0 Å². The molecule has 0 atom stereocenters. The SMILES string of the molecule is CCCC(C)(C)NCCC(=O)O. The average molecular weight is 173 g/mol. The monoisotopic (exact) mass is 173 g/mol. The number of carbonyl (C=O) groups is 1. The highest BCUT2D eigenvalue weighted by Crippen LogP contribution is 2.09. The fraction of sp³-hybridized carbons (Fsp3) is 0.889. The molecular formula is C9H19NO2. The molecule has 0 aromatic carbocycles. The van der Waals surface area contributed by atoms with Crippen molar-refractivity contribution in [3.8, 4) is 0 Å². The van der Waals surface area contributed by atoms with Crippen LogP contribution in [0.2, 0.25) is 0 Å². The van der Waals surface area contributed by atoms with Gasteiger partial charge in [-0.1, -0.05) is 13.3 Å². The molecule has 0 radical (unpaired) electrons. The zero-order chi connectivity index (χ0) is 9.61. The lowest BCUT2D eigenvalue weighted by molar-refractivity contribution is -0.136. The molecule has 72 valence electrons. The van der Waals surface area contributed by atoms with Crippen LogP contribution in [0.3, 0.4) is 0 Å². The van der Waals surface area contributed by atoms with Crippen LogP contribution in [0.15, 0.2) is 0 Å². The molecule has 0 aliphatic rings. The number of rotatable bonds is 6. The molecule has 0 rings (SSSR count). The largest absolute Gasteiger partial charge is 0.481 e. The second-order valence-corrected chi connectivity index (χ2v) is 3.70. The second-order valence-electron chi connectivity index (χ2n) is 3.70. The van der Waals surface area contributed by atoms with Crippen LogP contribution in [0.4, 0.5) is 0 Å². The summed E-state index contributed by atoms with van der Waals surface area (Å²) in [6.45, 7) is 6.87. The van der Waals surface area contributed by atoms with Gasteiger partial charge < -0.3 is 10.4 Å². The van der Waals surface area contributed by atoms with Crippen LogP contribution in [-0.2, 0) is 4.79 Å². The van der Waals surface area contributed by atoms with Crippen LogP contribution in [-0.4, -0.2) is 23.2 Å². The fourth-order valence-corrected chi connectivity index (χ4v) is 1.22. The van der Waals surface area contributed by atoms with Crippen LogP contribution < -0.4 is 5.32 Å². The molecule has 3 heteroatoms. The van der Waals surface area contributed by atoms with E-state index < -0.39 is 5.97 Å². The first-order valence-electron chi connectivity index (χ1n) is 4.45. The maximum absolute atomic E-state index is 10.2. The molecular weight excluding hydrogens is 154 g/mol. The highest BCUT2D eigenvalue weighted by Gasteiger charge is 2.14. The number of aliphatic carboxylic acids is 1. The summed E-state index contributed by atoms with van der Waals surface area (Å²) in [4.78, 5) is 10.2. The summed E-state index contributed by atoms with van der Waals surface area (Å²) in [7, 11) is 0. The van der Waals surface area contributed by atoms with Crippen LogP contribution >= 0.6 is 0 Å². The Labute approximate surface area is 74.2 Å². The quantitative estimate of drug-likeness (QED) is 0.642. The van der Waals surface area contributed by atoms with Crippen LogP contribution in [0.5, 0.6) is 0 Å². The molecule has 3 nitrogen and oxygen atoms in total. The molecule has 0 aliphatic carbocycles. The minimum atomic E-state index is -0.741. The number of carboxylic acid groups (broad SMARTS) is 1. The molecule has 0 bridgehead atoms. The molecule has 0 aromatic rings. The lowest BCUT2D eigenvalue weighted by Crippen LogP contribution is -2.40. The lowest BCUT2D eigenvalue weighted by Gasteiger charge is -2.25. The van der Waals surface area contributed by atoms with Gasteiger partial charge in [0.25, 0.3) is 0 Å². The summed E-state index contributed by atoms with van der Waals surface area (Å²) in [6, 6.07) is 0. The minimum absolute atomic E-state index is 0.0736. The molecule has 0 unspecified atom stereocenters. The van der Waals surface area contributed by atoms with Gasteiger partial charge in [-0.05, 0) is 20.3 Å². The molecule has 0 saturated heterocycles. The molecule has 2 N–H and O–H groups in total. The van der Waals surface area contributed by atoms with Crippen LogP contribution in [0, 0.1) is 0 Å². The molecule has 0 fully saturated rings. The third-order valence-corrected chi connectivity index (χ3v) is 1.82. The fourth-order valence-electron chi connectivity index (χ4n) is 1.22. The molecule has 0 heterocycles. The lowest BCUT2D eigenvalue weighted by atomic mass is 9.99. The Balaban J connectivity index is 3.53. The first-order valence-corrected chi connectivity index (χ1v) is 4.45. The van der Waals surface area contributed by atoms with E-state index in [4.69, 9.17) is 5.11 Å². The van der Waals surface area contributed by atoms with Crippen molar-refractivity contribution in [1.82, 2.24) is 5.32 Å². The summed E-state index contributed by atoms with van der Waals surface area (Å²) in [5, 5.41) is 11.6. The molecule has 0 aromatic heterocycles. The van der Waals surface area contributed by atoms with E-state index in [-0.39, 0.29) is 12.0 Å². The average Bonchev–Trinajstić information content (AvgIpc) is 1.85. The molecule has 0 saturated carbocycles. The Hall–Kier alpha value is -0.570. The van der Waals surface area contributed by atoms with E-state index in [1.54, 1.807) is 0 Å². The molecule has 0 spiro atoms.